The Labute approximate surface area is 116 Å². The lowest BCUT2D eigenvalue weighted by Gasteiger charge is -2.29. The molecule has 108 valence electrons. The van der Waals surface area contributed by atoms with Crippen molar-refractivity contribution in [2.75, 3.05) is 39.8 Å². The van der Waals surface area contributed by atoms with Crippen molar-refractivity contribution in [3.63, 3.8) is 0 Å². The summed E-state index contributed by atoms with van der Waals surface area (Å²) in [5, 5.41) is 6.78. The first-order valence-electron chi connectivity index (χ1n) is 7.28. The van der Waals surface area contributed by atoms with Crippen LogP contribution in [0.5, 0.6) is 0 Å². The molecule has 1 heterocycles. The lowest BCUT2D eigenvalue weighted by atomic mass is 10.2. The summed E-state index contributed by atoms with van der Waals surface area (Å²) in [7, 11) is 2.13. The van der Waals surface area contributed by atoms with Gasteiger partial charge in [-0.1, -0.05) is 12.2 Å². The van der Waals surface area contributed by atoms with Gasteiger partial charge in [-0.2, -0.15) is 0 Å². The number of guanidine groups is 1. The van der Waals surface area contributed by atoms with Crippen molar-refractivity contribution in [2.45, 2.75) is 31.9 Å². The van der Waals surface area contributed by atoms with Gasteiger partial charge in [0.25, 0.3) is 0 Å². The van der Waals surface area contributed by atoms with Gasteiger partial charge in [-0.25, -0.2) is 0 Å². The van der Waals surface area contributed by atoms with Gasteiger partial charge in [0.15, 0.2) is 5.96 Å². The molecule has 19 heavy (non-hydrogen) atoms. The van der Waals surface area contributed by atoms with Crippen LogP contribution in [0.25, 0.3) is 0 Å². The van der Waals surface area contributed by atoms with E-state index in [-0.39, 0.29) is 6.10 Å². The highest BCUT2D eigenvalue weighted by Gasteiger charge is 2.18. The number of rotatable bonds is 4. The minimum atomic E-state index is 0.218. The third-order valence-corrected chi connectivity index (χ3v) is 3.49. The fourth-order valence-electron chi connectivity index (χ4n) is 2.42. The van der Waals surface area contributed by atoms with E-state index in [4.69, 9.17) is 4.74 Å². The van der Waals surface area contributed by atoms with Crippen molar-refractivity contribution in [3.05, 3.63) is 12.2 Å². The summed E-state index contributed by atoms with van der Waals surface area (Å²) < 4.78 is 5.73. The van der Waals surface area contributed by atoms with Crippen molar-refractivity contribution < 1.29 is 4.74 Å². The van der Waals surface area contributed by atoms with Crippen molar-refractivity contribution in [1.82, 2.24) is 15.5 Å². The molecular formula is C14H26N4O. The second-order valence-electron chi connectivity index (χ2n) is 5.26. The molecule has 0 aromatic heterocycles. The van der Waals surface area contributed by atoms with Crippen LogP contribution in [-0.4, -0.2) is 62.8 Å². The van der Waals surface area contributed by atoms with E-state index in [0.717, 1.165) is 51.6 Å². The Morgan fingerprint density at radius 3 is 2.89 bits per heavy atom. The van der Waals surface area contributed by atoms with Gasteiger partial charge in [-0.15, -0.1) is 0 Å². The van der Waals surface area contributed by atoms with Gasteiger partial charge in [0.05, 0.1) is 19.3 Å². The highest BCUT2D eigenvalue weighted by Crippen LogP contribution is 2.09. The molecule has 5 nitrogen and oxygen atoms in total. The fraction of sp³-hybridized carbons (Fsp3) is 0.786. The highest BCUT2D eigenvalue weighted by molar-refractivity contribution is 5.80. The highest BCUT2D eigenvalue weighted by atomic mass is 16.5. The molecule has 1 fully saturated rings. The van der Waals surface area contributed by atoms with E-state index in [0.29, 0.717) is 6.04 Å². The number of nitrogens with zero attached hydrogens (tertiary/aromatic N) is 2. The summed E-state index contributed by atoms with van der Waals surface area (Å²) in [6.07, 6.45) is 6.84. The molecule has 0 aromatic rings. The summed E-state index contributed by atoms with van der Waals surface area (Å²) in [5.74, 6) is 0.910. The molecule has 2 aliphatic rings. The van der Waals surface area contributed by atoms with Gasteiger partial charge in [-0.05, 0) is 26.8 Å². The summed E-state index contributed by atoms with van der Waals surface area (Å²) in [4.78, 5) is 6.95. The average Bonchev–Trinajstić information content (AvgIpc) is 2.89. The molecule has 2 rings (SSSR count). The van der Waals surface area contributed by atoms with E-state index in [1.165, 1.54) is 0 Å². The summed E-state index contributed by atoms with van der Waals surface area (Å²) in [6, 6.07) is 0.493. The summed E-state index contributed by atoms with van der Waals surface area (Å²) in [6.45, 7) is 6.50. The quantitative estimate of drug-likeness (QED) is 0.444. The number of likely N-dealkylation sites (N-methyl/N-ethyl adjacent to an activating group) is 1. The number of aliphatic imine (C=N–C) groups is 1. The number of morpholine rings is 1. The Hall–Kier alpha value is -1.07. The van der Waals surface area contributed by atoms with Gasteiger partial charge in [0.2, 0.25) is 0 Å². The van der Waals surface area contributed by atoms with E-state index in [2.05, 4.69) is 46.6 Å². The molecule has 0 spiro atoms. The Balaban J connectivity index is 1.81. The van der Waals surface area contributed by atoms with Crippen molar-refractivity contribution in [3.8, 4) is 0 Å². The van der Waals surface area contributed by atoms with E-state index >= 15 is 0 Å². The molecule has 0 radical (unpaired) electrons. The van der Waals surface area contributed by atoms with Gasteiger partial charge in [0.1, 0.15) is 0 Å². The first-order chi connectivity index (χ1) is 9.28. The molecule has 1 aliphatic carbocycles. The molecule has 1 saturated heterocycles. The van der Waals surface area contributed by atoms with Crippen LogP contribution in [0.3, 0.4) is 0 Å². The average molecular weight is 266 g/mol. The monoisotopic (exact) mass is 266 g/mol. The summed E-state index contributed by atoms with van der Waals surface area (Å²) in [5.41, 5.74) is 0. The number of nitrogens with one attached hydrogen (secondary N) is 2. The maximum atomic E-state index is 5.73. The van der Waals surface area contributed by atoms with Crippen LogP contribution < -0.4 is 10.6 Å². The van der Waals surface area contributed by atoms with Crippen LogP contribution in [0, 0.1) is 0 Å². The third-order valence-electron chi connectivity index (χ3n) is 3.49. The van der Waals surface area contributed by atoms with E-state index < -0.39 is 0 Å². The normalized spacial score (nSPS) is 25.8. The third kappa shape index (κ3) is 4.84. The molecular weight excluding hydrogens is 240 g/mol. The van der Waals surface area contributed by atoms with Crippen LogP contribution in [0.2, 0.25) is 0 Å². The molecule has 2 N–H and O–H groups in total. The van der Waals surface area contributed by atoms with Gasteiger partial charge in [0, 0.05) is 25.7 Å². The number of hydrogen-bond donors (Lipinski definition) is 2. The van der Waals surface area contributed by atoms with Gasteiger partial charge >= 0.3 is 0 Å². The minimum absolute atomic E-state index is 0.218. The molecule has 1 atom stereocenters. The maximum Gasteiger partial charge on any atom is 0.191 e. The Morgan fingerprint density at radius 2 is 2.21 bits per heavy atom. The standard InChI is InChI=1S/C14H26N4O/c1-3-15-14(17-12-6-4-5-7-12)16-10-13-11-18(2)8-9-19-13/h4-5,12-13H,3,6-11H2,1-2H3,(H2,15,16,17). The zero-order valence-electron chi connectivity index (χ0n) is 12.1. The maximum absolute atomic E-state index is 5.73. The van der Waals surface area contributed by atoms with Crippen LogP contribution in [0.4, 0.5) is 0 Å². The summed E-state index contributed by atoms with van der Waals surface area (Å²) >= 11 is 0. The Kier molecular flexibility index (Phi) is 5.66. The molecule has 0 bridgehead atoms. The van der Waals surface area contributed by atoms with E-state index in [9.17, 15) is 0 Å². The first kappa shape index (κ1) is 14.3. The molecule has 0 amide bonds. The molecule has 1 aliphatic heterocycles. The Bertz CT molecular complexity index is 321. The predicted octanol–water partition coefficient (Wildman–Crippen LogP) is 0.591. The zero-order valence-corrected chi connectivity index (χ0v) is 12.1. The molecule has 1 unspecified atom stereocenters. The lowest BCUT2D eigenvalue weighted by molar-refractivity contribution is -0.0136. The molecule has 5 heteroatoms. The first-order valence-corrected chi connectivity index (χ1v) is 7.28. The number of ether oxygens (including phenoxy) is 1. The smallest absolute Gasteiger partial charge is 0.191 e. The van der Waals surface area contributed by atoms with E-state index in [1.54, 1.807) is 0 Å². The molecule has 0 saturated carbocycles. The van der Waals surface area contributed by atoms with Gasteiger partial charge in [-0.3, -0.25) is 4.99 Å². The zero-order chi connectivity index (χ0) is 13.5. The van der Waals surface area contributed by atoms with Crippen molar-refractivity contribution in [1.29, 1.82) is 0 Å². The van der Waals surface area contributed by atoms with Crippen LogP contribution in [-0.2, 0) is 4.74 Å². The minimum Gasteiger partial charge on any atom is -0.374 e. The predicted molar refractivity (Wildman–Crippen MR) is 78.5 cm³/mol. The van der Waals surface area contributed by atoms with Crippen LogP contribution >= 0.6 is 0 Å². The van der Waals surface area contributed by atoms with E-state index in [1.807, 2.05) is 0 Å². The number of hydrogen-bond acceptors (Lipinski definition) is 3. The van der Waals surface area contributed by atoms with Crippen molar-refractivity contribution >= 4 is 5.96 Å². The largest absolute Gasteiger partial charge is 0.374 e. The van der Waals surface area contributed by atoms with Crippen LogP contribution in [0.1, 0.15) is 19.8 Å². The van der Waals surface area contributed by atoms with Gasteiger partial charge < -0.3 is 20.3 Å². The fourth-order valence-corrected chi connectivity index (χ4v) is 2.42. The SMILES string of the molecule is CCNC(=NCC1CN(C)CCO1)NC1CC=CC1. The Morgan fingerprint density at radius 1 is 1.42 bits per heavy atom. The molecule has 0 aromatic carbocycles. The van der Waals surface area contributed by atoms with Crippen molar-refractivity contribution in [2.24, 2.45) is 4.99 Å². The second kappa shape index (κ2) is 7.50. The lowest BCUT2D eigenvalue weighted by Crippen LogP contribution is -2.45. The second-order valence-corrected chi connectivity index (χ2v) is 5.26. The topological polar surface area (TPSA) is 48.9 Å². The van der Waals surface area contributed by atoms with Crippen LogP contribution in [0.15, 0.2) is 17.1 Å².